The minimum atomic E-state index is 0.409. The molecule has 0 bridgehead atoms. The predicted molar refractivity (Wildman–Crippen MR) is 86.0 cm³/mol. The van der Waals surface area contributed by atoms with Crippen LogP contribution in [0.15, 0.2) is 11.6 Å². The van der Waals surface area contributed by atoms with Crippen LogP contribution in [0.4, 0.5) is 0 Å². The van der Waals surface area contributed by atoms with E-state index in [4.69, 9.17) is 11.6 Å². The summed E-state index contributed by atoms with van der Waals surface area (Å²) in [7, 11) is 0. The molecule has 0 unspecified atom stereocenters. The van der Waals surface area contributed by atoms with Crippen LogP contribution in [0.3, 0.4) is 0 Å². The first-order chi connectivity index (χ1) is 9.53. The Hall–Kier alpha value is 0.0300. The number of fused-ring (bicyclic) bond motifs is 5. The van der Waals surface area contributed by atoms with Crippen molar-refractivity contribution in [1.82, 2.24) is 0 Å². The SMILES string of the molecule is C[C@@]12CCC[C@@H]1[C@H]1CC=C3C[C@@H](Cl)CC[C@]3(C)[C@@H]1CC2. The predicted octanol–water partition coefficient (Wildman–Crippen LogP) is 5.95. The minimum absolute atomic E-state index is 0.409. The first-order valence-corrected chi connectivity index (χ1v) is 9.30. The number of rotatable bonds is 0. The van der Waals surface area contributed by atoms with Crippen LogP contribution in [0.5, 0.6) is 0 Å². The summed E-state index contributed by atoms with van der Waals surface area (Å²) in [5.74, 6) is 2.96. The van der Waals surface area contributed by atoms with Gasteiger partial charge in [0.15, 0.2) is 0 Å². The van der Waals surface area contributed by atoms with Crippen molar-refractivity contribution >= 4 is 11.6 Å². The topological polar surface area (TPSA) is 0 Å². The van der Waals surface area contributed by atoms with Crippen LogP contribution in [-0.4, -0.2) is 5.38 Å². The lowest BCUT2D eigenvalue weighted by atomic mass is 9.48. The van der Waals surface area contributed by atoms with E-state index in [2.05, 4.69) is 19.9 Å². The van der Waals surface area contributed by atoms with Crippen LogP contribution in [0.25, 0.3) is 0 Å². The molecule has 4 aliphatic rings. The molecule has 0 nitrogen and oxygen atoms in total. The van der Waals surface area contributed by atoms with Crippen molar-refractivity contribution in [3.63, 3.8) is 0 Å². The highest BCUT2D eigenvalue weighted by Gasteiger charge is 2.55. The Balaban J connectivity index is 1.68. The molecule has 0 radical (unpaired) electrons. The number of hydrogen-bond donors (Lipinski definition) is 0. The quantitative estimate of drug-likeness (QED) is 0.382. The monoisotopic (exact) mass is 292 g/mol. The van der Waals surface area contributed by atoms with Gasteiger partial charge in [-0.1, -0.05) is 31.9 Å². The van der Waals surface area contributed by atoms with Gasteiger partial charge in [-0.25, -0.2) is 0 Å². The third kappa shape index (κ3) is 1.79. The molecule has 0 aromatic heterocycles. The zero-order valence-corrected chi connectivity index (χ0v) is 13.9. The van der Waals surface area contributed by atoms with Gasteiger partial charge in [0.05, 0.1) is 0 Å². The molecular formula is C19H29Cl. The fraction of sp³-hybridized carbons (Fsp3) is 0.895. The maximum absolute atomic E-state index is 6.44. The Morgan fingerprint density at radius 3 is 2.75 bits per heavy atom. The van der Waals surface area contributed by atoms with Crippen LogP contribution in [0.1, 0.15) is 71.6 Å². The molecule has 1 heteroatoms. The van der Waals surface area contributed by atoms with Gasteiger partial charge >= 0.3 is 0 Å². The highest BCUT2D eigenvalue weighted by atomic mass is 35.5. The smallest absolute Gasteiger partial charge is 0.0373 e. The standard InChI is InChI=1S/C19H29Cl/c1-18-9-3-4-16(18)15-6-5-13-12-14(20)7-11-19(13,2)17(15)8-10-18/h5,14-17H,3-4,6-12H2,1-2H3/t14-,15+,16+,17+,18-,19-/m0/s1. The van der Waals surface area contributed by atoms with Crippen molar-refractivity contribution in [3.8, 4) is 0 Å². The second kappa shape index (κ2) is 4.51. The second-order valence-electron chi connectivity index (χ2n) is 8.68. The maximum Gasteiger partial charge on any atom is 0.0373 e. The molecule has 3 saturated carbocycles. The molecule has 3 fully saturated rings. The lowest BCUT2D eigenvalue weighted by molar-refractivity contribution is -0.0245. The third-order valence-electron chi connectivity index (χ3n) is 7.82. The normalized spacial score (nSPS) is 54.6. The third-order valence-corrected chi connectivity index (χ3v) is 8.20. The molecular weight excluding hydrogens is 264 g/mol. The lowest BCUT2D eigenvalue weighted by Crippen LogP contribution is -2.48. The first-order valence-electron chi connectivity index (χ1n) is 8.86. The fourth-order valence-corrected chi connectivity index (χ4v) is 6.88. The van der Waals surface area contributed by atoms with Crippen molar-refractivity contribution in [3.05, 3.63) is 11.6 Å². The molecule has 0 saturated heterocycles. The molecule has 0 aromatic carbocycles. The zero-order chi connectivity index (χ0) is 14.0. The van der Waals surface area contributed by atoms with E-state index in [1.807, 2.05) is 0 Å². The zero-order valence-electron chi connectivity index (χ0n) is 13.1. The van der Waals surface area contributed by atoms with Crippen LogP contribution >= 0.6 is 11.6 Å². The highest BCUT2D eigenvalue weighted by Crippen LogP contribution is 2.64. The molecule has 4 aliphatic carbocycles. The Kier molecular flexibility index (Phi) is 3.09. The molecule has 6 atom stereocenters. The Labute approximate surface area is 129 Å². The summed E-state index contributed by atoms with van der Waals surface area (Å²) in [5.41, 5.74) is 2.91. The van der Waals surface area contributed by atoms with Crippen molar-refractivity contribution < 1.29 is 0 Å². The summed E-state index contributed by atoms with van der Waals surface area (Å²) in [4.78, 5) is 0. The van der Waals surface area contributed by atoms with E-state index in [1.54, 1.807) is 5.57 Å². The van der Waals surface area contributed by atoms with E-state index in [1.165, 1.54) is 57.8 Å². The van der Waals surface area contributed by atoms with Crippen LogP contribution in [0, 0.1) is 28.6 Å². The molecule has 0 aliphatic heterocycles. The van der Waals surface area contributed by atoms with Crippen LogP contribution in [0.2, 0.25) is 0 Å². The minimum Gasteiger partial charge on any atom is -0.123 e. The van der Waals surface area contributed by atoms with Gasteiger partial charge in [-0.2, -0.15) is 0 Å². The Morgan fingerprint density at radius 2 is 1.90 bits per heavy atom. The number of allylic oxidation sites excluding steroid dienone is 2. The number of halogens is 1. The van der Waals surface area contributed by atoms with Crippen molar-refractivity contribution in [1.29, 1.82) is 0 Å². The van der Waals surface area contributed by atoms with Gasteiger partial charge in [0, 0.05) is 5.38 Å². The number of alkyl halides is 1. The number of hydrogen-bond acceptors (Lipinski definition) is 0. The molecule has 0 spiro atoms. The van der Waals surface area contributed by atoms with E-state index in [0.717, 1.165) is 17.8 Å². The molecule has 0 amide bonds. The average Bonchev–Trinajstić information content (AvgIpc) is 2.81. The summed E-state index contributed by atoms with van der Waals surface area (Å²) in [5, 5.41) is 0.409. The van der Waals surface area contributed by atoms with E-state index in [9.17, 15) is 0 Å². The van der Waals surface area contributed by atoms with E-state index in [-0.39, 0.29) is 0 Å². The highest BCUT2D eigenvalue weighted by molar-refractivity contribution is 6.20. The van der Waals surface area contributed by atoms with Crippen molar-refractivity contribution in [2.24, 2.45) is 28.6 Å². The van der Waals surface area contributed by atoms with E-state index >= 15 is 0 Å². The second-order valence-corrected chi connectivity index (χ2v) is 9.30. The Bertz CT molecular complexity index is 439. The summed E-state index contributed by atoms with van der Waals surface area (Å²) >= 11 is 6.44. The summed E-state index contributed by atoms with van der Waals surface area (Å²) < 4.78 is 0. The van der Waals surface area contributed by atoms with Gasteiger partial charge in [-0.05, 0) is 80.0 Å². The summed E-state index contributed by atoms with van der Waals surface area (Å²) in [6.45, 7) is 5.17. The van der Waals surface area contributed by atoms with Gasteiger partial charge in [0.1, 0.15) is 0 Å². The first kappa shape index (κ1) is 13.7. The molecule has 20 heavy (non-hydrogen) atoms. The maximum atomic E-state index is 6.44. The average molecular weight is 293 g/mol. The molecule has 0 heterocycles. The lowest BCUT2D eigenvalue weighted by Gasteiger charge is -2.57. The Morgan fingerprint density at radius 1 is 1.05 bits per heavy atom. The largest absolute Gasteiger partial charge is 0.123 e. The summed E-state index contributed by atoms with van der Waals surface area (Å²) in [6.07, 6.45) is 15.2. The van der Waals surface area contributed by atoms with E-state index in [0.29, 0.717) is 16.2 Å². The molecule has 0 aromatic rings. The van der Waals surface area contributed by atoms with Gasteiger partial charge in [-0.3, -0.25) is 0 Å². The molecule has 4 rings (SSSR count). The van der Waals surface area contributed by atoms with Gasteiger partial charge in [0.2, 0.25) is 0 Å². The van der Waals surface area contributed by atoms with Crippen LogP contribution in [-0.2, 0) is 0 Å². The van der Waals surface area contributed by atoms with Crippen molar-refractivity contribution in [2.75, 3.05) is 0 Å². The molecule has 0 N–H and O–H groups in total. The van der Waals surface area contributed by atoms with Gasteiger partial charge in [-0.15, -0.1) is 11.6 Å². The van der Waals surface area contributed by atoms with Gasteiger partial charge in [0.25, 0.3) is 0 Å². The van der Waals surface area contributed by atoms with Crippen LogP contribution < -0.4 is 0 Å². The van der Waals surface area contributed by atoms with Crippen molar-refractivity contribution in [2.45, 2.75) is 77.0 Å². The molecule has 112 valence electrons. The van der Waals surface area contributed by atoms with E-state index < -0.39 is 0 Å². The summed E-state index contributed by atoms with van der Waals surface area (Å²) in [6, 6.07) is 0. The van der Waals surface area contributed by atoms with Gasteiger partial charge < -0.3 is 0 Å². The fourth-order valence-electron chi connectivity index (χ4n) is 6.61.